The van der Waals surface area contributed by atoms with Gasteiger partial charge >= 0.3 is 0 Å². The molecule has 0 atom stereocenters. The Kier molecular flexibility index (Phi) is 5.21. The maximum atomic E-state index is 13.1. The maximum absolute atomic E-state index is 13.1. The number of halogens is 1. The fraction of sp³-hybridized carbons (Fsp3) is 0.0952. The normalized spacial score (nSPS) is 11.5. The molecule has 0 fully saturated rings. The van der Waals surface area contributed by atoms with Crippen LogP contribution in [-0.2, 0) is 16.6 Å². The molecule has 29 heavy (non-hydrogen) atoms. The molecule has 1 aromatic heterocycles. The quantitative estimate of drug-likeness (QED) is 0.441. The van der Waals surface area contributed by atoms with Gasteiger partial charge in [-0.3, -0.25) is 4.31 Å². The Morgan fingerprint density at radius 3 is 2.38 bits per heavy atom. The summed E-state index contributed by atoms with van der Waals surface area (Å²) in [4.78, 5) is 4.55. The molecule has 148 valence electrons. The van der Waals surface area contributed by atoms with Crippen molar-refractivity contribution in [3.05, 3.63) is 83.6 Å². The van der Waals surface area contributed by atoms with Gasteiger partial charge in [0.05, 0.1) is 20.8 Å². The Bertz CT molecular complexity index is 1200. The smallest absolute Gasteiger partial charge is 0.264 e. The Balaban J connectivity index is 1.46. The van der Waals surface area contributed by atoms with Crippen LogP contribution in [0.25, 0.3) is 10.2 Å². The Morgan fingerprint density at radius 2 is 1.69 bits per heavy atom. The first-order valence-electron chi connectivity index (χ1n) is 8.75. The van der Waals surface area contributed by atoms with Gasteiger partial charge in [0, 0.05) is 7.05 Å². The number of fused-ring (bicyclic) bond motifs is 1. The van der Waals surface area contributed by atoms with Crippen LogP contribution in [-0.4, -0.2) is 20.4 Å². The summed E-state index contributed by atoms with van der Waals surface area (Å²) in [6, 6.07) is 19.4. The van der Waals surface area contributed by atoms with Crippen molar-refractivity contribution in [2.75, 3.05) is 11.4 Å². The highest BCUT2D eigenvalue weighted by atomic mass is 32.2. The van der Waals surface area contributed by atoms with Crippen LogP contribution in [0.2, 0.25) is 0 Å². The van der Waals surface area contributed by atoms with Gasteiger partial charge in [0.25, 0.3) is 10.0 Å². The van der Waals surface area contributed by atoms with Crippen molar-refractivity contribution in [1.82, 2.24) is 4.98 Å². The van der Waals surface area contributed by atoms with Crippen LogP contribution in [0.1, 0.15) is 5.01 Å². The van der Waals surface area contributed by atoms with Gasteiger partial charge in [-0.15, -0.1) is 11.3 Å². The molecule has 0 aliphatic rings. The van der Waals surface area contributed by atoms with Crippen LogP contribution in [0.4, 0.5) is 10.1 Å². The van der Waals surface area contributed by atoms with E-state index in [-0.39, 0.29) is 4.90 Å². The van der Waals surface area contributed by atoms with Crippen molar-refractivity contribution in [2.24, 2.45) is 0 Å². The number of benzene rings is 3. The highest BCUT2D eigenvalue weighted by Crippen LogP contribution is 2.26. The lowest BCUT2D eigenvalue weighted by Crippen LogP contribution is -2.26. The molecule has 0 aliphatic carbocycles. The Hall–Kier alpha value is -2.97. The van der Waals surface area contributed by atoms with E-state index >= 15 is 0 Å². The molecule has 0 unspecified atom stereocenters. The van der Waals surface area contributed by atoms with Crippen LogP contribution in [0.3, 0.4) is 0 Å². The van der Waals surface area contributed by atoms with Gasteiger partial charge in [-0.25, -0.2) is 17.8 Å². The van der Waals surface area contributed by atoms with Crippen molar-refractivity contribution in [3.8, 4) is 5.75 Å². The van der Waals surface area contributed by atoms with Crippen molar-refractivity contribution in [2.45, 2.75) is 11.5 Å². The fourth-order valence-electron chi connectivity index (χ4n) is 2.78. The highest BCUT2D eigenvalue weighted by Gasteiger charge is 2.21. The van der Waals surface area contributed by atoms with Crippen molar-refractivity contribution in [1.29, 1.82) is 0 Å². The van der Waals surface area contributed by atoms with E-state index in [1.807, 2.05) is 24.3 Å². The lowest BCUT2D eigenvalue weighted by Gasteiger charge is -2.19. The molecule has 4 aromatic rings. The summed E-state index contributed by atoms with van der Waals surface area (Å²) in [7, 11) is -2.32. The van der Waals surface area contributed by atoms with E-state index in [1.54, 1.807) is 35.6 Å². The van der Waals surface area contributed by atoms with Crippen LogP contribution in [0.5, 0.6) is 5.75 Å². The molecule has 0 saturated carbocycles. The summed E-state index contributed by atoms with van der Waals surface area (Å²) < 4.78 is 46.5. The first kappa shape index (κ1) is 19.4. The molecule has 0 radical (unpaired) electrons. The topological polar surface area (TPSA) is 59.5 Å². The largest absolute Gasteiger partial charge is 0.486 e. The summed E-state index contributed by atoms with van der Waals surface area (Å²) in [6.45, 7) is 0.336. The number of rotatable bonds is 6. The number of thiazole rings is 1. The summed E-state index contributed by atoms with van der Waals surface area (Å²) in [5.74, 6) is 0.127. The zero-order chi connectivity index (χ0) is 20.4. The second-order valence-electron chi connectivity index (χ2n) is 6.28. The molecule has 5 nitrogen and oxygen atoms in total. The molecule has 0 saturated heterocycles. The number of nitrogens with zero attached hydrogens (tertiary/aromatic N) is 2. The lowest BCUT2D eigenvalue weighted by atomic mass is 10.3. The number of ether oxygens (including phenoxy) is 1. The average Bonchev–Trinajstić information content (AvgIpc) is 3.15. The average molecular weight is 429 g/mol. The molecule has 0 spiro atoms. The molecular weight excluding hydrogens is 411 g/mol. The van der Waals surface area contributed by atoms with E-state index in [1.165, 1.54) is 19.2 Å². The second kappa shape index (κ2) is 7.81. The maximum Gasteiger partial charge on any atom is 0.264 e. The monoisotopic (exact) mass is 428 g/mol. The minimum atomic E-state index is -3.77. The first-order valence-corrected chi connectivity index (χ1v) is 11.0. The summed E-state index contributed by atoms with van der Waals surface area (Å²) in [5.41, 5.74) is 1.42. The predicted octanol–water partition coefficient (Wildman–Crippen LogP) is 4.84. The molecular formula is C21H17FN2O3S2. The van der Waals surface area contributed by atoms with E-state index in [0.717, 1.165) is 31.7 Å². The number of hydrogen-bond donors (Lipinski definition) is 0. The number of anilines is 1. The zero-order valence-corrected chi connectivity index (χ0v) is 17.1. The van der Waals surface area contributed by atoms with Crippen molar-refractivity contribution < 1.29 is 17.5 Å². The van der Waals surface area contributed by atoms with Crippen LogP contribution >= 0.6 is 11.3 Å². The minimum absolute atomic E-state index is 0.0255. The van der Waals surface area contributed by atoms with Crippen molar-refractivity contribution in [3.63, 3.8) is 0 Å². The highest BCUT2D eigenvalue weighted by molar-refractivity contribution is 7.92. The number of para-hydroxylation sites is 1. The summed E-state index contributed by atoms with van der Waals surface area (Å²) in [6.07, 6.45) is 0. The van der Waals surface area contributed by atoms with Gasteiger partial charge in [-0.05, 0) is 60.7 Å². The van der Waals surface area contributed by atoms with Gasteiger partial charge in [-0.2, -0.15) is 0 Å². The minimum Gasteiger partial charge on any atom is -0.486 e. The van der Waals surface area contributed by atoms with E-state index in [2.05, 4.69) is 4.98 Å². The van der Waals surface area contributed by atoms with Gasteiger partial charge in [-0.1, -0.05) is 12.1 Å². The third-order valence-corrected chi connectivity index (χ3v) is 7.18. The molecule has 0 amide bonds. The fourth-order valence-corrected chi connectivity index (χ4v) is 4.86. The molecule has 3 aromatic carbocycles. The Labute approximate surface area is 172 Å². The third-order valence-electron chi connectivity index (χ3n) is 4.37. The van der Waals surface area contributed by atoms with Crippen molar-refractivity contribution >= 4 is 37.3 Å². The van der Waals surface area contributed by atoms with Crippen LogP contribution in [0, 0.1) is 5.82 Å². The number of aromatic nitrogens is 1. The van der Waals surface area contributed by atoms with Crippen LogP contribution in [0.15, 0.2) is 77.7 Å². The second-order valence-corrected chi connectivity index (χ2v) is 9.37. The van der Waals surface area contributed by atoms with Gasteiger partial charge in [0.15, 0.2) is 0 Å². The van der Waals surface area contributed by atoms with Gasteiger partial charge in [0.2, 0.25) is 0 Å². The number of sulfonamides is 1. The SMILES string of the molecule is CN(c1ccc(OCc2nc3ccccc3s2)cc1)S(=O)(=O)c1ccc(F)cc1. The third kappa shape index (κ3) is 4.08. The van der Waals surface area contributed by atoms with E-state index in [4.69, 9.17) is 4.74 Å². The lowest BCUT2D eigenvalue weighted by molar-refractivity contribution is 0.306. The standard InChI is InChI=1S/C21H17FN2O3S2/c1-24(29(25,26)18-12-6-15(22)7-13-18)16-8-10-17(11-9-16)27-14-21-23-19-4-2-3-5-20(19)28-21/h2-13H,14H2,1H3. The van der Waals surface area contributed by atoms with E-state index < -0.39 is 15.8 Å². The van der Waals surface area contributed by atoms with E-state index in [9.17, 15) is 12.8 Å². The summed E-state index contributed by atoms with van der Waals surface area (Å²) in [5, 5.41) is 0.867. The first-order chi connectivity index (χ1) is 13.9. The zero-order valence-electron chi connectivity index (χ0n) is 15.4. The predicted molar refractivity (Wildman–Crippen MR) is 112 cm³/mol. The molecule has 8 heteroatoms. The molecule has 1 heterocycles. The molecule has 0 aliphatic heterocycles. The molecule has 0 bridgehead atoms. The van der Waals surface area contributed by atoms with Crippen LogP contribution < -0.4 is 9.04 Å². The molecule has 4 rings (SSSR count). The Morgan fingerprint density at radius 1 is 1.00 bits per heavy atom. The van der Waals surface area contributed by atoms with Gasteiger partial charge < -0.3 is 4.74 Å². The van der Waals surface area contributed by atoms with Gasteiger partial charge in [0.1, 0.15) is 23.2 Å². The summed E-state index contributed by atoms with van der Waals surface area (Å²) >= 11 is 1.58. The van der Waals surface area contributed by atoms with E-state index in [0.29, 0.717) is 18.0 Å². The number of hydrogen-bond acceptors (Lipinski definition) is 5. The molecule has 0 N–H and O–H groups in total.